The number of hydrogen-bond acceptors (Lipinski definition) is 3. The van der Waals surface area contributed by atoms with Gasteiger partial charge in [-0.2, -0.15) is 4.98 Å². The third-order valence-electron chi connectivity index (χ3n) is 2.08. The normalized spacial score (nSPS) is 10.5. The molecule has 0 unspecified atom stereocenters. The number of ether oxygens (including phenoxy) is 1. The SMILES string of the molecule is Cc1cnc(Cl)nc1Oc1cc(F)c(Cl)cc1Br. The fourth-order valence-electron chi connectivity index (χ4n) is 1.20. The molecule has 94 valence electrons. The van der Waals surface area contributed by atoms with Gasteiger partial charge in [-0.25, -0.2) is 9.37 Å². The minimum Gasteiger partial charge on any atom is -0.437 e. The van der Waals surface area contributed by atoms with Gasteiger partial charge in [0.2, 0.25) is 11.2 Å². The van der Waals surface area contributed by atoms with Crippen LogP contribution >= 0.6 is 39.1 Å². The van der Waals surface area contributed by atoms with Crippen molar-refractivity contribution in [2.24, 2.45) is 0 Å². The molecule has 0 saturated heterocycles. The molecular formula is C11H6BrCl2FN2O. The van der Waals surface area contributed by atoms with Gasteiger partial charge in [-0.05, 0) is 40.5 Å². The predicted octanol–water partition coefficient (Wildman–Crippen LogP) is 4.79. The largest absolute Gasteiger partial charge is 0.437 e. The van der Waals surface area contributed by atoms with Gasteiger partial charge in [-0.1, -0.05) is 11.6 Å². The molecule has 1 aromatic carbocycles. The fourth-order valence-corrected chi connectivity index (χ4v) is 2.04. The summed E-state index contributed by atoms with van der Waals surface area (Å²) in [5, 5.41) is 0.0628. The minimum atomic E-state index is -0.576. The van der Waals surface area contributed by atoms with E-state index in [0.717, 1.165) is 0 Å². The van der Waals surface area contributed by atoms with Crippen LogP contribution in [-0.2, 0) is 0 Å². The van der Waals surface area contributed by atoms with Gasteiger partial charge in [-0.3, -0.25) is 0 Å². The van der Waals surface area contributed by atoms with Crippen LogP contribution in [0, 0.1) is 12.7 Å². The Kier molecular flexibility index (Phi) is 4.04. The summed E-state index contributed by atoms with van der Waals surface area (Å²) < 4.78 is 19.3. The van der Waals surface area contributed by atoms with Gasteiger partial charge < -0.3 is 4.74 Å². The Balaban J connectivity index is 2.40. The van der Waals surface area contributed by atoms with Crippen molar-refractivity contribution in [2.75, 3.05) is 0 Å². The lowest BCUT2D eigenvalue weighted by atomic mass is 10.3. The van der Waals surface area contributed by atoms with E-state index in [-0.39, 0.29) is 21.9 Å². The molecule has 7 heteroatoms. The van der Waals surface area contributed by atoms with Gasteiger partial charge in [0.25, 0.3) is 0 Å². The summed E-state index contributed by atoms with van der Waals surface area (Å²) in [7, 11) is 0. The van der Waals surface area contributed by atoms with E-state index in [1.54, 1.807) is 6.92 Å². The van der Waals surface area contributed by atoms with E-state index in [2.05, 4.69) is 25.9 Å². The molecule has 1 aromatic heterocycles. The summed E-state index contributed by atoms with van der Waals surface area (Å²) in [6.45, 7) is 1.76. The summed E-state index contributed by atoms with van der Waals surface area (Å²) in [6, 6.07) is 2.58. The van der Waals surface area contributed by atoms with Crippen LogP contribution in [0.25, 0.3) is 0 Å². The fraction of sp³-hybridized carbons (Fsp3) is 0.0909. The Morgan fingerprint density at radius 2 is 2.06 bits per heavy atom. The molecule has 0 saturated carbocycles. The summed E-state index contributed by atoms with van der Waals surface area (Å²) in [6.07, 6.45) is 1.52. The minimum absolute atomic E-state index is 0.00617. The number of nitrogens with zero attached hydrogens (tertiary/aromatic N) is 2. The quantitative estimate of drug-likeness (QED) is 0.576. The molecule has 0 atom stereocenters. The van der Waals surface area contributed by atoms with E-state index in [9.17, 15) is 4.39 Å². The Morgan fingerprint density at radius 3 is 2.78 bits per heavy atom. The number of rotatable bonds is 2. The Hall–Kier alpha value is -0.910. The molecule has 18 heavy (non-hydrogen) atoms. The molecule has 0 bridgehead atoms. The summed E-state index contributed by atoms with van der Waals surface area (Å²) >= 11 is 14.5. The summed E-state index contributed by atoms with van der Waals surface area (Å²) in [4.78, 5) is 7.72. The van der Waals surface area contributed by atoms with Gasteiger partial charge in [0.1, 0.15) is 11.6 Å². The summed E-state index contributed by atoms with van der Waals surface area (Å²) in [5.74, 6) is -0.0557. The van der Waals surface area contributed by atoms with Crippen LogP contribution in [0.1, 0.15) is 5.56 Å². The molecule has 0 fully saturated rings. The molecule has 0 aliphatic carbocycles. The first-order valence-corrected chi connectivity index (χ1v) is 6.34. The van der Waals surface area contributed by atoms with Crippen molar-refractivity contribution in [3.8, 4) is 11.6 Å². The van der Waals surface area contributed by atoms with Gasteiger partial charge in [0.15, 0.2) is 0 Å². The second kappa shape index (κ2) is 5.38. The third-order valence-corrected chi connectivity index (χ3v) is 3.17. The average Bonchev–Trinajstić information content (AvgIpc) is 2.30. The maximum Gasteiger partial charge on any atom is 0.226 e. The molecule has 0 spiro atoms. The second-order valence-corrected chi connectivity index (χ2v) is 5.03. The van der Waals surface area contributed by atoms with Crippen molar-refractivity contribution >= 4 is 39.1 Å². The first-order valence-electron chi connectivity index (χ1n) is 4.79. The molecule has 2 aromatic rings. The van der Waals surface area contributed by atoms with Crippen LogP contribution in [0.3, 0.4) is 0 Å². The Labute approximate surface area is 121 Å². The van der Waals surface area contributed by atoms with Gasteiger partial charge in [0, 0.05) is 17.8 Å². The predicted molar refractivity (Wildman–Crippen MR) is 71.0 cm³/mol. The molecule has 0 amide bonds. The van der Waals surface area contributed by atoms with Gasteiger partial charge >= 0.3 is 0 Å². The number of halogens is 4. The number of aromatic nitrogens is 2. The average molecular weight is 352 g/mol. The van der Waals surface area contributed by atoms with E-state index >= 15 is 0 Å². The van der Waals surface area contributed by atoms with Crippen molar-refractivity contribution in [2.45, 2.75) is 6.92 Å². The van der Waals surface area contributed by atoms with Crippen LogP contribution in [0.5, 0.6) is 11.6 Å². The topological polar surface area (TPSA) is 35.0 Å². The molecule has 1 heterocycles. The van der Waals surface area contributed by atoms with Gasteiger partial charge in [0.05, 0.1) is 9.50 Å². The van der Waals surface area contributed by atoms with E-state index < -0.39 is 5.82 Å². The zero-order chi connectivity index (χ0) is 13.3. The standard InChI is InChI=1S/C11H6BrCl2FN2O/c1-5-4-16-11(14)17-10(5)18-9-3-8(15)7(13)2-6(9)12/h2-4H,1H3. The second-order valence-electron chi connectivity index (χ2n) is 3.43. The maximum atomic E-state index is 13.4. The highest BCUT2D eigenvalue weighted by Gasteiger charge is 2.11. The molecule has 0 aliphatic heterocycles. The van der Waals surface area contributed by atoms with E-state index in [1.807, 2.05) is 0 Å². The highest BCUT2D eigenvalue weighted by Crippen LogP contribution is 2.34. The highest BCUT2D eigenvalue weighted by atomic mass is 79.9. The van der Waals surface area contributed by atoms with Crippen LogP contribution in [0.2, 0.25) is 10.3 Å². The van der Waals surface area contributed by atoms with E-state index in [4.69, 9.17) is 27.9 Å². The summed E-state index contributed by atoms with van der Waals surface area (Å²) in [5.41, 5.74) is 0.682. The smallest absolute Gasteiger partial charge is 0.226 e. The van der Waals surface area contributed by atoms with E-state index in [1.165, 1.54) is 18.3 Å². The highest BCUT2D eigenvalue weighted by molar-refractivity contribution is 9.10. The van der Waals surface area contributed by atoms with Crippen molar-refractivity contribution in [1.82, 2.24) is 9.97 Å². The molecule has 3 nitrogen and oxygen atoms in total. The first kappa shape index (κ1) is 13.5. The molecular weight excluding hydrogens is 346 g/mol. The maximum absolute atomic E-state index is 13.4. The van der Waals surface area contributed by atoms with Crippen LogP contribution in [0.4, 0.5) is 4.39 Å². The third kappa shape index (κ3) is 2.91. The molecule has 0 radical (unpaired) electrons. The first-order chi connectivity index (χ1) is 8.47. The monoisotopic (exact) mass is 350 g/mol. The van der Waals surface area contributed by atoms with Crippen molar-refractivity contribution in [1.29, 1.82) is 0 Å². The van der Waals surface area contributed by atoms with Gasteiger partial charge in [-0.15, -0.1) is 0 Å². The molecule has 2 rings (SSSR count). The lowest BCUT2D eigenvalue weighted by Gasteiger charge is -2.09. The Bertz CT molecular complexity index is 610. The van der Waals surface area contributed by atoms with E-state index in [0.29, 0.717) is 10.0 Å². The molecule has 0 aliphatic rings. The lowest BCUT2D eigenvalue weighted by Crippen LogP contribution is -1.95. The number of hydrogen-bond donors (Lipinski definition) is 0. The van der Waals surface area contributed by atoms with Crippen molar-refractivity contribution < 1.29 is 9.13 Å². The molecule has 0 N–H and O–H groups in total. The van der Waals surface area contributed by atoms with Crippen LogP contribution in [-0.4, -0.2) is 9.97 Å². The number of benzene rings is 1. The number of aryl methyl sites for hydroxylation is 1. The van der Waals surface area contributed by atoms with Crippen LogP contribution < -0.4 is 4.74 Å². The van der Waals surface area contributed by atoms with Crippen molar-refractivity contribution in [3.05, 3.63) is 44.5 Å². The van der Waals surface area contributed by atoms with Crippen LogP contribution in [0.15, 0.2) is 22.8 Å². The zero-order valence-electron chi connectivity index (χ0n) is 9.05. The lowest BCUT2D eigenvalue weighted by molar-refractivity contribution is 0.450. The van der Waals surface area contributed by atoms with Crippen molar-refractivity contribution in [3.63, 3.8) is 0 Å². The Morgan fingerprint density at radius 1 is 1.33 bits per heavy atom. The zero-order valence-corrected chi connectivity index (χ0v) is 12.1.